The summed E-state index contributed by atoms with van der Waals surface area (Å²) >= 11 is 1.41. The summed E-state index contributed by atoms with van der Waals surface area (Å²) in [5.41, 5.74) is 0. The summed E-state index contributed by atoms with van der Waals surface area (Å²) in [7, 11) is 0. The minimum absolute atomic E-state index is 0.00630. The minimum atomic E-state index is -0.214. The number of nitriles is 2. The van der Waals surface area contributed by atoms with Crippen LogP contribution in [0.1, 0.15) is 22.5 Å². The first kappa shape index (κ1) is 16.0. The number of carbonyl (C=O) groups is 2. The Hall–Kier alpha value is -2.38. The molecule has 0 saturated carbocycles. The molecule has 0 bridgehead atoms. The highest BCUT2D eigenvalue weighted by Crippen LogP contribution is 2.22. The van der Waals surface area contributed by atoms with Crippen molar-refractivity contribution in [1.82, 2.24) is 9.80 Å². The third-order valence-electron chi connectivity index (χ3n) is 3.70. The molecule has 2 heterocycles. The Labute approximate surface area is 133 Å². The number of rotatable bonds is 4. The molecular weight excluding hydrogens is 300 g/mol. The molecule has 0 unspecified atom stereocenters. The number of hydrogen-bond donors (Lipinski definition) is 0. The number of thiophene rings is 1. The van der Waals surface area contributed by atoms with Crippen LogP contribution in [0.15, 0.2) is 17.5 Å². The van der Waals surface area contributed by atoms with Crippen molar-refractivity contribution in [3.05, 3.63) is 22.4 Å². The maximum Gasteiger partial charge on any atom is 0.263 e. The average Bonchev–Trinajstić information content (AvgIpc) is 3.08. The Morgan fingerprint density at radius 2 is 1.91 bits per heavy atom. The molecule has 1 aromatic rings. The van der Waals surface area contributed by atoms with E-state index in [1.54, 1.807) is 11.0 Å². The minimum Gasteiger partial charge on any atom is -0.338 e. The molecular formula is C15H16N4O2S. The van der Waals surface area contributed by atoms with Crippen LogP contribution in [-0.2, 0) is 4.79 Å². The first-order chi connectivity index (χ1) is 10.7. The standard InChI is InChI=1S/C15H16N4O2S/c16-5-9-19(10-6-17)14(20)12-3-7-18(8-4-12)15(21)13-2-1-11-22-13/h1-2,11-12H,3-4,7-10H2. The van der Waals surface area contributed by atoms with Gasteiger partial charge in [0, 0.05) is 19.0 Å². The van der Waals surface area contributed by atoms with Crippen molar-refractivity contribution in [2.24, 2.45) is 5.92 Å². The van der Waals surface area contributed by atoms with Crippen molar-refractivity contribution in [2.45, 2.75) is 12.8 Å². The molecule has 0 spiro atoms. The molecule has 1 saturated heterocycles. The van der Waals surface area contributed by atoms with E-state index in [0.29, 0.717) is 30.8 Å². The van der Waals surface area contributed by atoms with E-state index in [0.717, 1.165) is 0 Å². The van der Waals surface area contributed by atoms with Gasteiger partial charge in [0.25, 0.3) is 5.91 Å². The lowest BCUT2D eigenvalue weighted by Gasteiger charge is -2.32. The molecule has 0 N–H and O–H groups in total. The van der Waals surface area contributed by atoms with E-state index in [-0.39, 0.29) is 30.8 Å². The fourth-order valence-electron chi connectivity index (χ4n) is 2.53. The van der Waals surface area contributed by atoms with Crippen molar-refractivity contribution >= 4 is 23.2 Å². The van der Waals surface area contributed by atoms with E-state index in [9.17, 15) is 9.59 Å². The van der Waals surface area contributed by atoms with E-state index in [1.165, 1.54) is 16.2 Å². The SMILES string of the molecule is N#CCN(CC#N)C(=O)C1CCN(C(=O)c2cccs2)CC1. The molecule has 0 aliphatic carbocycles. The van der Waals surface area contributed by atoms with Crippen LogP contribution in [0.25, 0.3) is 0 Å². The smallest absolute Gasteiger partial charge is 0.263 e. The summed E-state index contributed by atoms with van der Waals surface area (Å²) in [6.07, 6.45) is 1.15. The van der Waals surface area contributed by atoms with Gasteiger partial charge in [0.1, 0.15) is 13.1 Å². The van der Waals surface area contributed by atoms with E-state index in [1.807, 2.05) is 23.6 Å². The van der Waals surface area contributed by atoms with Crippen molar-refractivity contribution in [3.63, 3.8) is 0 Å². The van der Waals surface area contributed by atoms with Crippen LogP contribution >= 0.6 is 11.3 Å². The van der Waals surface area contributed by atoms with Crippen LogP contribution in [0.2, 0.25) is 0 Å². The highest BCUT2D eigenvalue weighted by Gasteiger charge is 2.30. The molecule has 0 aromatic carbocycles. The quantitative estimate of drug-likeness (QED) is 0.787. The summed E-state index contributed by atoms with van der Waals surface area (Å²) in [4.78, 5) is 28.3. The van der Waals surface area contributed by atoms with E-state index in [2.05, 4.69) is 0 Å². The average molecular weight is 316 g/mol. The second-order valence-corrected chi connectivity index (χ2v) is 6.00. The van der Waals surface area contributed by atoms with Crippen molar-refractivity contribution < 1.29 is 9.59 Å². The Bertz CT molecular complexity index is 590. The van der Waals surface area contributed by atoms with Gasteiger partial charge < -0.3 is 9.80 Å². The molecule has 114 valence electrons. The van der Waals surface area contributed by atoms with Gasteiger partial charge in [0.05, 0.1) is 17.0 Å². The molecule has 7 heteroatoms. The maximum absolute atomic E-state index is 12.3. The predicted molar refractivity (Wildman–Crippen MR) is 80.8 cm³/mol. The van der Waals surface area contributed by atoms with Crippen molar-refractivity contribution in [3.8, 4) is 12.1 Å². The maximum atomic E-state index is 12.3. The first-order valence-corrected chi connectivity index (χ1v) is 7.90. The van der Waals surface area contributed by atoms with Gasteiger partial charge in [-0.1, -0.05) is 6.07 Å². The first-order valence-electron chi connectivity index (χ1n) is 7.03. The van der Waals surface area contributed by atoms with Crippen LogP contribution in [-0.4, -0.2) is 47.8 Å². The van der Waals surface area contributed by atoms with E-state index >= 15 is 0 Å². The highest BCUT2D eigenvalue weighted by atomic mass is 32.1. The predicted octanol–water partition coefficient (Wildman–Crippen LogP) is 1.48. The summed E-state index contributed by atoms with van der Waals surface area (Å²) in [5.74, 6) is -0.368. The molecule has 1 aromatic heterocycles. The lowest BCUT2D eigenvalue weighted by atomic mass is 9.95. The normalized spacial score (nSPS) is 14.9. The molecule has 0 radical (unpaired) electrons. The summed E-state index contributed by atoms with van der Waals surface area (Å²) < 4.78 is 0. The van der Waals surface area contributed by atoms with Crippen LogP contribution in [0.3, 0.4) is 0 Å². The fraction of sp³-hybridized carbons (Fsp3) is 0.467. The Morgan fingerprint density at radius 1 is 1.27 bits per heavy atom. The Balaban J connectivity index is 1.91. The van der Waals surface area contributed by atoms with E-state index in [4.69, 9.17) is 10.5 Å². The van der Waals surface area contributed by atoms with Gasteiger partial charge in [-0.25, -0.2) is 0 Å². The molecule has 2 rings (SSSR count). The lowest BCUT2D eigenvalue weighted by molar-refractivity contribution is -0.135. The zero-order chi connectivity index (χ0) is 15.9. The topological polar surface area (TPSA) is 88.2 Å². The molecule has 1 aliphatic heterocycles. The fourth-order valence-corrected chi connectivity index (χ4v) is 3.22. The van der Waals surface area contributed by atoms with Gasteiger partial charge in [0.15, 0.2) is 0 Å². The third-order valence-corrected chi connectivity index (χ3v) is 4.56. The molecule has 1 fully saturated rings. The Kier molecular flexibility index (Phi) is 5.51. The molecule has 6 nitrogen and oxygen atoms in total. The number of amides is 2. The van der Waals surface area contributed by atoms with Gasteiger partial charge in [-0.3, -0.25) is 9.59 Å². The van der Waals surface area contributed by atoms with Crippen molar-refractivity contribution in [2.75, 3.05) is 26.2 Å². The number of piperidine rings is 1. The Morgan fingerprint density at radius 3 is 2.41 bits per heavy atom. The third kappa shape index (κ3) is 3.63. The van der Waals surface area contributed by atoms with Crippen LogP contribution in [0, 0.1) is 28.6 Å². The lowest BCUT2D eigenvalue weighted by Crippen LogP contribution is -2.44. The second-order valence-electron chi connectivity index (χ2n) is 5.05. The van der Waals surface area contributed by atoms with Gasteiger partial charge in [-0.15, -0.1) is 11.3 Å². The van der Waals surface area contributed by atoms with Crippen LogP contribution < -0.4 is 0 Å². The van der Waals surface area contributed by atoms with Gasteiger partial charge >= 0.3 is 0 Å². The molecule has 0 atom stereocenters. The number of nitrogens with zero attached hydrogens (tertiary/aromatic N) is 4. The monoisotopic (exact) mass is 316 g/mol. The molecule has 2 amide bonds. The van der Waals surface area contributed by atoms with Gasteiger partial charge in [-0.05, 0) is 24.3 Å². The largest absolute Gasteiger partial charge is 0.338 e. The molecule has 1 aliphatic rings. The zero-order valence-corrected chi connectivity index (χ0v) is 12.9. The van der Waals surface area contributed by atoms with Crippen LogP contribution in [0.5, 0.6) is 0 Å². The molecule has 22 heavy (non-hydrogen) atoms. The van der Waals surface area contributed by atoms with Gasteiger partial charge in [-0.2, -0.15) is 10.5 Å². The number of hydrogen-bond acceptors (Lipinski definition) is 5. The number of likely N-dealkylation sites (tertiary alicyclic amines) is 1. The zero-order valence-electron chi connectivity index (χ0n) is 12.1. The summed E-state index contributed by atoms with van der Waals surface area (Å²) in [5, 5.41) is 19.3. The van der Waals surface area contributed by atoms with Gasteiger partial charge in [0.2, 0.25) is 5.91 Å². The van der Waals surface area contributed by atoms with Crippen molar-refractivity contribution in [1.29, 1.82) is 10.5 Å². The highest BCUT2D eigenvalue weighted by molar-refractivity contribution is 7.12. The van der Waals surface area contributed by atoms with Crippen LogP contribution in [0.4, 0.5) is 0 Å². The summed E-state index contributed by atoms with van der Waals surface area (Å²) in [6.45, 7) is 0.918. The number of carbonyl (C=O) groups excluding carboxylic acids is 2. The second kappa shape index (κ2) is 7.58. The summed E-state index contributed by atoms with van der Waals surface area (Å²) in [6, 6.07) is 7.46. The van der Waals surface area contributed by atoms with E-state index < -0.39 is 0 Å².